The van der Waals surface area contributed by atoms with Crippen LogP contribution in [-0.4, -0.2) is 41.7 Å². The fourth-order valence-electron chi connectivity index (χ4n) is 3.11. The summed E-state index contributed by atoms with van der Waals surface area (Å²) in [6, 6.07) is 17.9. The Morgan fingerprint density at radius 1 is 1.15 bits per heavy atom. The number of piperazine rings is 1. The first-order valence-corrected chi connectivity index (χ1v) is 8.82. The van der Waals surface area contributed by atoms with Gasteiger partial charge in [0.15, 0.2) is 5.82 Å². The molecule has 4 rings (SSSR count). The monoisotopic (exact) mass is 386 g/mol. The molecule has 1 aliphatic rings. The van der Waals surface area contributed by atoms with Gasteiger partial charge in [-0.15, -0.1) is 12.4 Å². The summed E-state index contributed by atoms with van der Waals surface area (Å²) in [7, 11) is 2.09. The number of nitrogens with one attached hydrogen (secondary N) is 1. The van der Waals surface area contributed by atoms with Crippen LogP contribution in [-0.2, 0) is 6.61 Å². The number of likely N-dealkylation sites (N-methyl/N-ethyl adjacent to an activating group) is 1. The third-order valence-electron chi connectivity index (χ3n) is 4.64. The first-order valence-electron chi connectivity index (χ1n) is 8.82. The van der Waals surface area contributed by atoms with Gasteiger partial charge in [0.25, 0.3) is 5.89 Å². The second-order valence-electron chi connectivity index (χ2n) is 6.42. The molecule has 2 heterocycles. The lowest BCUT2D eigenvalue weighted by Crippen LogP contribution is -2.44. The van der Waals surface area contributed by atoms with Crippen LogP contribution in [0, 0.1) is 0 Å². The molecule has 1 atom stereocenters. The number of rotatable bonds is 5. The van der Waals surface area contributed by atoms with Crippen molar-refractivity contribution in [1.29, 1.82) is 0 Å². The topological polar surface area (TPSA) is 63.4 Å². The Kier molecular flexibility index (Phi) is 6.45. The third kappa shape index (κ3) is 4.47. The molecule has 0 radical (unpaired) electrons. The molecular weight excluding hydrogens is 364 g/mol. The van der Waals surface area contributed by atoms with Crippen molar-refractivity contribution in [2.24, 2.45) is 0 Å². The number of benzene rings is 2. The molecule has 6 nitrogen and oxygen atoms in total. The maximum absolute atomic E-state index is 5.89. The molecule has 142 valence electrons. The van der Waals surface area contributed by atoms with Crippen LogP contribution in [0.4, 0.5) is 0 Å². The Bertz CT molecular complexity index is 856. The number of halogens is 1. The van der Waals surface area contributed by atoms with E-state index in [1.807, 2.05) is 54.6 Å². The zero-order valence-electron chi connectivity index (χ0n) is 15.2. The molecule has 0 amide bonds. The van der Waals surface area contributed by atoms with E-state index in [0.717, 1.165) is 36.5 Å². The lowest BCUT2D eigenvalue weighted by Gasteiger charge is -2.30. The van der Waals surface area contributed by atoms with Crippen LogP contribution in [0.2, 0.25) is 0 Å². The van der Waals surface area contributed by atoms with Gasteiger partial charge in [-0.1, -0.05) is 41.6 Å². The predicted molar refractivity (Wildman–Crippen MR) is 106 cm³/mol. The number of ether oxygens (including phenoxy) is 1. The van der Waals surface area contributed by atoms with Crippen molar-refractivity contribution in [3.63, 3.8) is 0 Å². The first kappa shape index (κ1) is 19.4. The second kappa shape index (κ2) is 8.99. The molecule has 1 N–H and O–H groups in total. The molecular formula is C20H23ClN4O2. The van der Waals surface area contributed by atoms with Gasteiger partial charge in [0.05, 0.1) is 6.04 Å². The molecule has 0 bridgehead atoms. The molecule has 27 heavy (non-hydrogen) atoms. The molecule has 0 aliphatic carbocycles. The van der Waals surface area contributed by atoms with E-state index in [1.165, 1.54) is 0 Å². The normalized spacial score (nSPS) is 17.3. The molecule has 1 unspecified atom stereocenters. The Morgan fingerprint density at radius 3 is 2.74 bits per heavy atom. The highest BCUT2D eigenvalue weighted by Crippen LogP contribution is 2.26. The zero-order valence-corrected chi connectivity index (χ0v) is 16.0. The minimum atomic E-state index is 0. The second-order valence-corrected chi connectivity index (χ2v) is 6.42. The van der Waals surface area contributed by atoms with Crippen molar-refractivity contribution >= 4 is 12.4 Å². The number of para-hydroxylation sites is 1. The van der Waals surface area contributed by atoms with Crippen molar-refractivity contribution < 1.29 is 9.26 Å². The van der Waals surface area contributed by atoms with E-state index in [1.54, 1.807) is 0 Å². The van der Waals surface area contributed by atoms with Crippen LogP contribution >= 0.6 is 12.4 Å². The standard InChI is InChI=1S/C20H22N4O2.ClH/c1-24-12-11-21-13-18(24)19-22-20(26-23-19)17-10-6-5-7-15(17)14-25-16-8-3-2-4-9-16;/h2-10,18,21H,11-14H2,1H3;1H. The summed E-state index contributed by atoms with van der Waals surface area (Å²) in [5, 5.41) is 7.60. The van der Waals surface area contributed by atoms with E-state index in [2.05, 4.69) is 27.4 Å². The fourth-order valence-corrected chi connectivity index (χ4v) is 3.11. The van der Waals surface area contributed by atoms with Gasteiger partial charge in [0.1, 0.15) is 12.4 Å². The van der Waals surface area contributed by atoms with E-state index in [0.29, 0.717) is 18.3 Å². The fraction of sp³-hybridized carbons (Fsp3) is 0.300. The highest BCUT2D eigenvalue weighted by Gasteiger charge is 2.26. The molecule has 7 heteroatoms. The van der Waals surface area contributed by atoms with Crippen molar-refractivity contribution in [1.82, 2.24) is 20.4 Å². The Morgan fingerprint density at radius 2 is 1.93 bits per heavy atom. The number of aromatic nitrogens is 2. The average molecular weight is 387 g/mol. The minimum Gasteiger partial charge on any atom is -0.489 e. The smallest absolute Gasteiger partial charge is 0.258 e. The highest BCUT2D eigenvalue weighted by molar-refractivity contribution is 5.85. The summed E-state index contributed by atoms with van der Waals surface area (Å²) in [6.45, 7) is 3.23. The maximum atomic E-state index is 5.89. The predicted octanol–water partition coefficient (Wildman–Crippen LogP) is 3.31. The van der Waals surface area contributed by atoms with Gasteiger partial charge in [-0.25, -0.2) is 0 Å². The van der Waals surface area contributed by atoms with Crippen LogP contribution in [0.15, 0.2) is 59.1 Å². The van der Waals surface area contributed by atoms with Gasteiger partial charge < -0.3 is 14.6 Å². The molecule has 1 aliphatic heterocycles. The van der Waals surface area contributed by atoms with Gasteiger partial charge >= 0.3 is 0 Å². The van der Waals surface area contributed by atoms with E-state index in [4.69, 9.17) is 9.26 Å². The molecule has 2 aromatic carbocycles. The lowest BCUT2D eigenvalue weighted by molar-refractivity contribution is 0.190. The Balaban J connectivity index is 0.00000210. The summed E-state index contributed by atoms with van der Waals surface area (Å²) >= 11 is 0. The molecule has 1 aromatic heterocycles. The van der Waals surface area contributed by atoms with Crippen molar-refractivity contribution in [2.75, 3.05) is 26.7 Å². The molecule has 0 spiro atoms. The highest BCUT2D eigenvalue weighted by atomic mass is 35.5. The van der Waals surface area contributed by atoms with E-state index >= 15 is 0 Å². The largest absolute Gasteiger partial charge is 0.489 e. The molecule has 1 saturated heterocycles. The maximum Gasteiger partial charge on any atom is 0.258 e. The van der Waals surface area contributed by atoms with Crippen LogP contribution < -0.4 is 10.1 Å². The van der Waals surface area contributed by atoms with Crippen LogP contribution in [0.5, 0.6) is 5.75 Å². The van der Waals surface area contributed by atoms with Crippen LogP contribution in [0.25, 0.3) is 11.5 Å². The molecule has 1 fully saturated rings. The van der Waals surface area contributed by atoms with Crippen LogP contribution in [0.3, 0.4) is 0 Å². The first-order chi connectivity index (χ1) is 12.8. The number of hydrogen-bond donors (Lipinski definition) is 1. The summed E-state index contributed by atoms with van der Waals surface area (Å²) in [6.07, 6.45) is 0. The zero-order chi connectivity index (χ0) is 17.8. The quantitative estimate of drug-likeness (QED) is 0.725. The number of hydrogen-bond acceptors (Lipinski definition) is 6. The van der Waals surface area contributed by atoms with Gasteiger partial charge in [-0.3, -0.25) is 4.90 Å². The Labute approximate surface area is 164 Å². The van der Waals surface area contributed by atoms with Crippen molar-refractivity contribution in [2.45, 2.75) is 12.6 Å². The summed E-state index contributed by atoms with van der Waals surface area (Å²) in [5.41, 5.74) is 1.93. The SMILES string of the molecule is CN1CCNCC1c1noc(-c2ccccc2COc2ccccc2)n1.Cl. The van der Waals surface area contributed by atoms with Gasteiger partial charge in [0.2, 0.25) is 0 Å². The number of nitrogens with zero attached hydrogens (tertiary/aromatic N) is 3. The summed E-state index contributed by atoms with van der Waals surface area (Å²) < 4.78 is 11.5. The van der Waals surface area contributed by atoms with E-state index in [9.17, 15) is 0 Å². The molecule has 0 saturated carbocycles. The van der Waals surface area contributed by atoms with E-state index in [-0.39, 0.29) is 18.4 Å². The van der Waals surface area contributed by atoms with Gasteiger partial charge in [0, 0.05) is 30.8 Å². The minimum absolute atomic E-state index is 0. The van der Waals surface area contributed by atoms with E-state index < -0.39 is 0 Å². The van der Waals surface area contributed by atoms with Crippen LogP contribution in [0.1, 0.15) is 17.4 Å². The average Bonchev–Trinajstić information content (AvgIpc) is 3.17. The van der Waals surface area contributed by atoms with Crippen molar-refractivity contribution in [3.8, 4) is 17.2 Å². The Hall–Kier alpha value is -2.41. The van der Waals surface area contributed by atoms with Crippen molar-refractivity contribution in [3.05, 3.63) is 66.0 Å². The van der Waals surface area contributed by atoms with Gasteiger partial charge in [-0.2, -0.15) is 4.98 Å². The molecule has 3 aromatic rings. The van der Waals surface area contributed by atoms with Gasteiger partial charge in [-0.05, 0) is 25.2 Å². The summed E-state index contributed by atoms with van der Waals surface area (Å²) in [4.78, 5) is 6.90. The third-order valence-corrected chi connectivity index (χ3v) is 4.64. The summed E-state index contributed by atoms with van der Waals surface area (Å²) in [5.74, 6) is 2.09. The lowest BCUT2D eigenvalue weighted by atomic mass is 10.1.